The van der Waals surface area contributed by atoms with Crippen LogP contribution in [0.5, 0.6) is 0 Å². The fourth-order valence-corrected chi connectivity index (χ4v) is 5.00. The monoisotopic (exact) mass is 552 g/mol. The Bertz CT molecular complexity index is 1710. The molecule has 3 aromatic heterocycles. The molecule has 0 saturated heterocycles. The topological polar surface area (TPSA) is 156 Å². The van der Waals surface area contributed by atoms with Crippen LogP contribution < -0.4 is 21.5 Å². The minimum atomic E-state index is -0.344. The van der Waals surface area contributed by atoms with Crippen LogP contribution in [0.25, 0.3) is 11.0 Å². The first-order valence-electron chi connectivity index (χ1n) is 12.3. The van der Waals surface area contributed by atoms with Gasteiger partial charge in [0.05, 0.1) is 21.0 Å². The zero-order valence-corrected chi connectivity index (χ0v) is 22.4. The lowest BCUT2D eigenvalue weighted by Gasteiger charge is -2.17. The van der Waals surface area contributed by atoms with Gasteiger partial charge in [-0.2, -0.15) is 0 Å². The SMILES string of the molecule is CN(C(=O)c1ccccc1)c1ccc2c(c1)nc(NC(=O)c1ccc(C(=[NH2+])N=NN)s1)n2CCc1cccnc1. The molecule has 2 aromatic carbocycles. The van der Waals surface area contributed by atoms with E-state index in [9.17, 15) is 9.59 Å². The molecule has 0 aliphatic rings. The van der Waals surface area contributed by atoms with E-state index in [1.165, 1.54) is 11.3 Å². The van der Waals surface area contributed by atoms with Crippen LogP contribution in [0.3, 0.4) is 0 Å². The molecule has 0 spiro atoms. The number of thiophene rings is 1. The Balaban J connectivity index is 1.46. The third-order valence-electron chi connectivity index (χ3n) is 6.26. The molecule has 5 N–H and O–H groups in total. The second kappa shape index (κ2) is 11.7. The number of hydrogen-bond donors (Lipinski definition) is 3. The molecule has 5 aromatic rings. The molecular formula is C28H26N9O2S+. The van der Waals surface area contributed by atoms with Gasteiger partial charge >= 0.3 is 5.84 Å². The number of benzene rings is 2. The predicted molar refractivity (Wildman–Crippen MR) is 154 cm³/mol. The number of anilines is 2. The molecule has 5 rings (SSSR count). The Labute approximate surface area is 233 Å². The highest BCUT2D eigenvalue weighted by molar-refractivity contribution is 7.16. The average molecular weight is 553 g/mol. The number of amides is 2. The fourth-order valence-electron chi connectivity index (χ4n) is 4.20. The van der Waals surface area contributed by atoms with Crippen molar-refractivity contribution < 1.29 is 15.0 Å². The number of carbonyl (C=O) groups is 2. The highest BCUT2D eigenvalue weighted by atomic mass is 32.1. The van der Waals surface area contributed by atoms with Gasteiger partial charge in [-0.1, -0.05) is 24.3 Å². The van der Waals surface area contributed by atoms with Gasteiger partial charge in [-0.25, -0.2) is 4.98 Å². The van der Waals surface area contributed by atoms with E-state index in [1.54, 1.807) is 42.4 Å². The lowest BCUT2D eigenvalue weighted by molar-refractivity contribution is -0.114. The Morgan fingerprint density at radius 3 is 2.62 bits per heavy atom. The third kappa shape index (κ3) is 5.61. The summed E-state index contributed by atoms with van der Waals surface area (Å²) in [5.41, 5.74) is 3.77. The van der Waals surface area contributed by atoms with Gasteiger partial charge in [0.15, 0.2) is 0 Å². The minimum Gasteiger partial charge on any atom is -0.311 e. The number of amidine groups is 1. The fraction of sp³-hybridized carbons (Fsp3) is 0.107. The van der Waals surface area contributed by atoms with Crippen molar-refractivity contribution in [3.63, 3.8) is 0 Å². The summed E-state index contributed by atoms with van der Waals surface area (Å²) in [4.78, 5) is 37.7. The zero-order chi connectivity index (χ0) is 28.1. The molecule has 40 heavy (non-hydrogen) atoms. The highest BCUT2D eigenvalue weighted by Crippen LogP contribution is 2.27. The summed E-state index contributed by atoms with van der Waals surface area (Å²) < 4.78 is 1.95. The molecule has 3 heterocycles. The molecule has 200 valence electrons. The van der Waals surface area contributed by atoms with Gasteiger partial charge in [0.1, 0.15) is 4.88 Å². The maximum atomic E-state index is 13.2. The average Bonchev–Trinajstić information content (AvgIpc) is 3.61. The van der Waals surface area contributed by atoms with Gasteiger partial charge in [-0.15, -0.1) is 11.3 Å². The Kier molecular flexibility index (Phi) is 7.69. The predicted octanol–water partition coefficient (Wildman–Crippen LogP) is 3.10. The molecular weight excluding hydrogens is 526 g/mol. The van der Waals surface area contributed by atoms with Gasteiger partial charge in [-0.05, 0) is 60.5 Å². The van der Waals surface area contributed by atoms with E-state index in [2.05, 4.69) is 20.6 Å². The summed E-state index contributed by atoms with van der Waals surface area (Å²) in [5, 5.41) is 15.6. The Hall–Kier alpha value is -5.23. The maximum absolute atomic E-state index is 13.2. The van der Waals surface area contributed by atoms with E-state index in [4.69, 9.17) is 16.2 Å². The van der Waals surface area contributed by atoms with Crippen LogP contribution in [-0.4, -0.2) is 39.2 Å². The second-order valence-corrected chi connectivity index (χ2v) is 9.90. The van der Waals surface area contributed by atoms with Crippen molar-refractivity contribution in [1.29, 1.82) is 0 Å². The number of fused-ring (bicyclic) bond motifs is 1. The first kappa shape index (κ1) is 26.4. The van der Waals surface area contributed by atoms with Crippen LogP contribution >= 0.6 is 11.3 Å². The molecule has 0 atom stereocenters. The largest absolute Gasteiger partial charge is 0.360 e. The van der Waals surface area contributed by atoms with Crippen molar-refractivity contribution in [2.75, 3.05) is 17.3 Å². The number of aryl methyl sites for hydroxylation is 2. The van der Waals surface area contributed by atoms with Crippen LogP contribution in [-0.2, 0) is 13.0 Å². The molecule has 0 radical (unpaired) electrons. The highest BCUT2D eigenvalue weighted by Gasteiger charge is 2.20. The van der Waals surface area contributed by atoms with Gasteiger partial charge in [0.2, 0.25) is 5.95 Å². The van der Waals surface area contributed by atoms with E-state index in [0.717, 1.165) is 11.1 Å². The number of aromatic nitrogens is 3. The number of carbonyl (C=O) groups excluding carboxylic acids is 2. The number of rotatable bonds is 8. The van der Waals surface area contributed by atoms with Crippen molar-refractivity contribution >= 4 is 51.7 Å². The lowest BCUT2D eigenvalue weighted by Crippen LogP contribution is -2.38. The van der Waals surface area contributed by atoms with Gasteiger partial charge < -0.3 is 9.47 Å². The molecule has 11 nitrogen and oxygen atoms in total. The number of nitrogens with one attached hydrogen (secondary N) is 1. The summed E-state index contributed by atoms with van der Waals surface area (Å²) in [6.45, 7) is 0.545. The van der Waals surface area contributed by atoms with Gasteiger partial charge in [-0.3, -0.25) is 31.1 Å². The van der Waals surface area contributed by atoms with E-state index in [-0.39, 0.29) is 17.6 Å². The molecule has 12 heteroatoms. The van der Waals surface area contributed by atoms with Crippen LogP contribution in [0.1, 0.15) is 30.5 Å². The van der Waals surface area contributed by atoms with Crippen LogP contribution in [0.4, 0.5) is 11.6 Å². The molecule has 0 fully saturated rings. The quantitative estimate of drug-likeness (QED) is 0.0886. The molecule has 0 saturated carbocycles. The smallest absolute Gasteiger partial charge is 0.311 e. The summed E-state index contributed by atoms with van der Waals surface area (Å²) in [5.74, 6) is 5.10. The van der Waals surface area contributed by atoms with Crippen molar-refractivity contribution in [2.45, 2.75) is 13.0 Å². The first-order valence-corrected chi connectivity index (χ1v) is 13.1. The van der Waals surface area contributed by atoms with Crippen molar-refractivity contribution in [2.24, 2.45) is 16.2 Å². The molecule has 0 aliphatic heterocycles. The summed E-state index contributed by atoms with van der Waals surface area (Å²) >= 11 is 1.17. The minimum absolute atomic E-state index is 0.122. The van der Waals surface area contributed by atoms with Crippen LogP contribution in [0, 0.1) is 0 Å². The Morgan fingerprint density at radius 2 is 1.88 bits per heavy atom. The maximum Gasteiger partial charge on any atom is 0.360 e. The summed E-state index contributed by atoms with van der Waals surface area (Å²) in [7, 11) is 1.72. The van der Waals surface area contributed by atoms with Crippen molar-refractivity contribution in [3.8, 4) is 0 Å². The lowest BCUT2D eigenvalue weighted by atomic mass is 10.2. The van der Waals surface area contributed by atoms with E-state index in [1.807, 2.05) is 59.3 Å². The van der Waals surface area contributed by atoms with E-state index in [0.29, 0.717) is 45.4 Å². The van der Waals surface area contributed by atoms with Gasteiger partial charge in [0, 0.05) is 42.5 Å². The number of nitrogens with two attached hydrogens (primary N) is 2. The number of nitrogens with zero attached hydrogens (tertiary/aromatic N) is 6. The number of pyridine rings is 1. The molecule has 0 unspecified atom stereocenters. The molecule has 0 bridgehead atoms. The molecule has 0 aliphatic carbocycles. The van der Waals surface area contributed by atoms with Crippen LogP contribution in [0.15, 0.2) is 95.5 Å². The van der Waals surface area contributed by atoms with Gasteiger partial charge in [0.25, 0.3) is 11.8 Å². The molecule has 2 amide bonds. The first-order chi connectivity index (χ1) is 19.4. The Morgan fingerprint density at radius 1 is 1.07 bits per heavy atom. The van der Waals surface area contributed by atoms with E-state index >= 15 is 0 Å². The number of hydrogen-bond acceptors (Lipinski definition) is 6. The standard InChI is InChI=1S/C28H25N9O2S/c1-36(27(39)19-7-3-2-4-8-19)20-9-10-22-21(16-20)32-28(37(22)15-13-18-6-5-14-31-17-18)33-26(38)24-12-11-23(40-24)25(29)34-35-30/h2-12,14,16-17H,13,15H2,1H3,(H3,29,30,34)(H,32,33,38)/p+1. The zero-order valence-electron chi connectivity index (χ0n) is 21.6. The normalized spacial score (nSPS) is 11.1. The second-order valence-electron chi connectivity index (χ2n) is 8.82. The summed E-state index contributed by atoms with van der Waals surface area (Å²) in [6, 6.07) is 21.9. The third-order valence-corrected chi connectivity index (χ3v) is 7.37. The van der Waals surface area contributed by atoms with E-state index < -0.39 is 0 Å². The van der Waals surface area contributed by atoms with Crippen molar-refractivity contribution in [1.82, 2.24) is 14.5 Å². The van der Waals surface area contributed by atoms with Crippen LogP contribution in [0.2, 0.25) is 0 Å². The number of imidazole rings is 1. The van der Waals surface area contributed by atoms with Crippen molar-refractivity contribution in [3.05, 3.63) is 106 Å². The summed E-state index contributed by atoms with van der Waals surface area (Å²) in [6.07, 6.45) is 4.21.